The Kier molecular flexibility index (Phi) is 14.3. The van der Waals surface area contributed by atoms with Crippen LogP contribution in [-0.2, 0) is 6.42 Å². The molecule has 0 saturated carbocycles. The van der Waals surface area contributed by atoms with Gasteiger partial charge in [-0.15, -0.1) is 0 Å². The Morgan fingerprint density at radius 2 is 1.27 bits per heavy atom. The van der Waals surface area contributed by atoms with Gasteiger partial charge in [0.1, 0.15) is 0 Å². The first kappa shape index (κ1) is 23.0. The lowest BCUT2D eigenvalue weighted by Crippen LogP contribution is -2.14. The second-order valence-electron chi connectivity index (χ2n) is 7.89. The normalized spacial score (nSPS) is 12.3. The summed E-state index contributed by atoms with van der Waals surface area (Å²) in [6.07, 6.45) is 18.9. The molecule has 2 nitrogen and oxygen atoms in total. The van der Waals surface area contributed by atoms with E-state index in [1.807, 2.05) is 0 Å². The zero-order chi connectivity index (χ0) is 18.9. The van der Waals surface area contributed by atoms with Crippen LogP contribution in [0.15, 0.2) is 24.3 Å². The van der Waals surface area contributed by atoms with Gasteiger partial charge in [0, 0.05) is 18.3 Å². The Morgan fingerprint density at radius 1 is 0.769 bits per heavy atom. The minimum atomic E-state index is 0.224. The first-order valence-corrected chi connectivity index (χ1v) is 11.2. The van der Waals surface area contributed by atoms with E-state index in [-0.39, 0.29) is 6.61 Å². The average molecular weight is 362 g/mol. The van der Waals surface area contributed by atoms with E-state index in [9.17, 15) is 0 Å². The van der Waals surface area contributed by atoms with E-state index >= 15 is 0 Å². The van der Waals surface area contributed by atoms with Crippen LogP contribution in [-0.4, -0.2) is 17.8 Å². The summed E-state index contributed by atoms with van der Waals surface area (Å²) in [6.45, 7) is 4.79. The molecule has 0 saturated heterocycles. The molecule has 0 radical (unpaired) electrons. The Bertz CT molecular complexity index is 415. The number of hydrogen-bond donors (Lipinski definition) is 2. The standard InChI is InChI=1S/C24H43NO/c1-3-4-5-6-7-8-9-10-11-12-13-14-15-22(2)25-24-18-16-23(17-19-24)20-21-26/h16-19,22,25-26H,3-15,20-21H2,1-2H3. The van der Waals surface area contributed by atoms with Crippen LogP contribution in [0, 0.1) is 0 Å². The molecule has 0 heterocycles. The van der Waals surface area contributed by atoms with Crippen LogP contribution >= 0.6 is 0 Å². The summed E-state index contributed by atoms with van der Waals surface area (Å²) in [7, 11) is 0. The number of benzene rings is 1. The lowest BCUT2D eigenvalue weighted by Gasteiger charge is -2.15. The monoisotopic (exact) mass is 361 g/mol. The highest BCUT2D eigenvalue weighted by Gasteiger charge is 2.02. The summed E-state index contributed by atoms with van der Waals surface area (Å²) in [4.78, 5) is 0. The molecule has 1 unspecified atom stereocenters. The molecular weight excluding hydrogens is 318 g/mol. The molecule has 0 aliphatic carbocycles. The van der Waals surface area contributed by atoms with E-state index in [2.05, 4.69) is 43.4 Å². The fraction of sp³-hybridized carbons (Fsp3) is 0.750. The molecule has 0 aliphatic heterocycles. The second-order valence-corrected chi connectivity index (χ2v) is 7.89. The number of aliphatic hydroxyl groups excluding tert-OH is 1. The van der Waals surface area contributed by atoms with Gasteiger partial charge in [-0.05, 0) is 37.5 Å². The SMILES string of the molecule is CCCCCCCCCCCCCCC(C)Nc1ccc(CCO)cc1. The van der Waals surface area contributed by atoms with Crippen molar-refractivity contribution in [3.63, 3.8) is 0 Å². The maximum atomic E-state index is 8.96. The molecule has 150 valence electrons. The molecule has 0 aliphatic rings. The van der Waals surface area contributed by atoms with E-state index in [0.717, 1.165) is 6.42 Å². The number of unbranched alkanes of at least 4 members (excludes halogenated alkanes) is 11. The summed E-state index contributed by atoms with van der Waals surface area (Å²) in [5.74, 6) is 0. The Morgan fingerprint density at radius 3 is 1.77 bits per heavy atom. The fourth-order valence-electron chi connectivity index (χ4n) is 3.54. The van der Waals surface area contributed by atoms with Crippen LogP contribution in [0.3, 0.4) is 0 Å². The van der Waals surface area contributed by atoms with Crippen LogP contribution in [0.2, 0.25) is 0 Å². The number of hydrogen-bond acceptors (Lipinski definition) is 2. The molecule has 0 bridgehead atoms. The third-order valence-corrected chi connectivity index (χ3v) is 5.26. The molecule has 0 aromatic heterocycles. The van der Waals surface area contributed by atoms with Crippen molar-refractivity contribution < 1.29 is 5.11 Å². The van der Waals surface area contributed by atoms with Gasteiger partial charge in [-0.2, -0.15) is 0 Å². The molecule has 2 N–H and O–H groups in total. The van der Waals surface area contributed by atoms with Crippen LogP contribution in [0.25, 0.3) is 0 Å². The minimum absolute atomic E-state index is 0.224. The summed E-state index contributed by atoms with van der Waals surface area (Å²) in [6, 6.07) is 9.00. The molecule has 0 spiro atoms. The quantitative estimate of drug-likeness (QED) is 0.290. The fourth-order valence-corrected chi connectivity index (χ4v) is 3.54. The van der Waals surface area contributed by atoms with Gasteiger partial charge in [0.05, 0.1) is 0 Å². The first-order chi connectivity index (χ1) is 12.8. The zero-order valence-corrected chi connectivity index (χ0v) is 17.4. The number of rotatable bonds is 17. The third kappa shape index (κ3) is 12.4. The maximum Gasteiger partial charge on any atom is 0.0471 e. The summed E-state index contributed by atoms with van der Waals surface area (Å²) in [5, 5.41) is 12.5. The van der Waals surface area contributed by atoms with Crippen LogP contribution in [0.1, 0.15) is 103 Å². The molecule has 1 atom stereocenters. The third-order valence-electron chi connectivity index (χ3n) is 5.26. The first-order valence-electron chi connectivity index (χ1n) is 11.2. The van der Waals surface area contributed by atoms with Crippen molar-refractivity contribution >= 4 is 5.69 Å². The van der Waals surface area contributed by atoms with Crippen molar-refractivity contribution in [2.24, 2.45) is 0 Å². The molecule has 0 fully saturated rings. The number of aliphatic hydroxyl groups is 1. The minimum Gasteiger partial charge on any atom is -0.396 e. The largest absolute Gasteiger partial charge is 0.396 e. The van der Waals surface area contributed by atoms with Gasteiger partial charge in [-0.25, -0.2) is 0 Å². The predicted octanol–water partition coefficient (Wildman–Crippen LogP) is 7.11. The van der Waals surface area contributed by atoms with Gasteiger partial charge in [-0.1, -0.05) is 96.1 Å². The van der Waals surface area contributed by atoms with Crippen molar-refractivity contribution in [1.82, 2.24) is 0 Å². The lowest BCUT2D eigenvalue weighted by atomic mass is 10.0. The highest BCUT2D eigenvalue weighted by Crippen LogP contribution is 2.15. The Balaban J connectivity index is 1.92. The van der Waals surface area contributed by atoms with E-state index in [1.54, 1.807) is 0 Å². The predicted molar refractivity (Wildman–Crippen MR) is 116 cm³/mol. The van der Waals surface area contributed by atoms with Gasteiger partial charge in [0.25, 0.3) is 0 Å². The van der Waals surface area contributed by atoms with Crippen molar-refractivity contribution in [2.45, 2.75) is 110 Å². The van der Waals surface area contributed by atoms with Crippen molar-refractivity contribution in [2.75, 3.05) is 11.9 Å². The molecule has 0 amide bonds. The number of nitrogens with one attached hydrogen (secondary N) is 1. The topological polar surface area (TPSA) is 32.3 Å². The summed E-state index contributed by atoms with van der Waals surface area (Å²) < 4.78 is 0. The van der Waals surface area contributed by atoms with Gasteiger partial charge in [0.15, 0.2) is 0 Å². The molecule has 2 heteroatoms. The summed E-state index contributed by atoms with van der Waals surface area (Å²) in [5.41, 5.74) is 2.39. The molecule has 26 heavy (non-hydrogen) atoms. The van der Waals surface area contributed by atoms with E-state index in [1.165, 1.54) is 94.7 Å². The zero-order valence-electron chi connectivity index (χ0n) is 17.4. The van der Waals surface area contributed by atoms with Crippen molar-refractivity contribution in [3.05, 3.63) is 29.8 Å². The molecule has 1 aromatic carbocycles. The van der Waals surface area contributed by atoms with Crippen LogP contribution < -0.4 is 5.32 Å². The van der Waals surface area contributed by atoms with Gasteiger partial charge in [0.2, 0.25) is 0 Å². The molecular formula is C24H43NO. The number of anilines is 1. The molecule has 1 aromatic rings. The van der Waals surface area contributed by atoms with E-state index in [0.29, 0.717) is 6.04 Å². The Hall–Kier alpha value is -1.02. The van der Waals surface area contributed by atoms with Crippen LogP contribution in [0.5, 0.6) is 0 Å². The van der Waals surface area contributed by atoms with E-state index < -0.39 is 0 Å². The van der Waals surface area contributed by atoms with Crippen molar-refractivity contribution in [1.29, 1.82) is 0 Å². The van der Waals surface area contributed by atoms with Gasteiger partial charge < -0.3 is 10.4 Å². The smallest absolute Gasteiger partial charge is 0.0471 e. The lowest BCUT2D eigenvalue weighted by molar-refractivity contribution is 0.299. The summed E-state index contributed by atoms with van der Waals surface area (Å²) >= 11 is 0. The van der Waals surface area contributed by atoms with E-state index in [4.69, 9.17) is 5.11 Å². The van der Waals surface area contributed by atoms with Crippen molar-refractivity contribution in [3.8, 4) is 0 Å². The van der Waals surface area contributed by atoms with Gasteiger partial charge >= 0.3 is 0 Å². The second kappa shape index (κ2) is 16.2. The molecule has 1 rings (SSSR count). The van der Waals surface area contributed by atoms with Crippen LogP contribution in [0.4, 0.5) is 5.69 Å². The highest BCUT2D eigenvalue weighted by atomic mass is 16.2. The maximum absolute atomic E-state index is 8.96. The Labute approximate surface area is 162 Å². The highest BCUT2D eigenvalue weighted by molar-refractivity contribution is 5.45. The average Bonchev–Trinajstić information content (AvgIpc) is 2.64. The van der Waals surface area contributed by atoms with Gasteiger partial charge in [-0.3, -0.25) is 0 Å².